The molecule has 1 aromatic carbocycles. The van der Waals surface area contributed by atoms with Crippen molar-refractivity contribution in [3.63, 3.8) is 0 Å². The summed E-state index contributed by atoms with van der Waals surface area (Å²) < 4.78 is 72.4. The third kappa shape index (κ3) is 5.28. The van der Waals surface area contributed by atoms with E-state index in [9.17, 15) is 26.4 Å². The second-order valence-corrected chi connectivity index (χ2v) is 12.4. The Morgan fingerprint density at radius 1 is 1.16 bits per heavy atom. The largest absolute Gasteiger partial charge is 0.464 e. The maximum absolute atomic E-state index is 14.2. The van der Waals surface area contributed by atoms with Crippen molar-refractivity contribution in [3.8, 4) is 11.3 Å². The number of benzene rings is 1. The molecule has 0 unspecified atom stereocenters. The lowest BCUT2D eigenvalue weighted by Gasteiger charge is -2.34. The summed E-state index contributed by atoms with van der Waals surface area (Å²) in [6, 6.07) is 9.03. The van der Waals surface area contributed by atoms with Crippen molar-refractivity contribution < 1.29 is 30.8 Å². The number of fused-ring (bicyclic) bond motifs is 1. The van der Waals surface area contributed by atoms with Gasteiger partial charge in [0.15, 0.2) is 6.04 Å². The Morgan fingerprint density at radius 2 is 1.87 bits per heavy atom. The number of pyridine rings is 1. The Balaban J connectivity index is 1.40. The number of aromatic nitrogens is 1. The average molecular weight is 564 g/mol. The van der Waals surface area contributed by atoms with Crippen LogP contribution in [0.1, 0.15) is 24.4 Å². The fraction of sp³-hybridized carbons (Fsp3) is 0.308. The van der Waals surface area contributed by atoms with Crippen LogP contribution in [-0.4, -0.2) is 48.9 Å². The molecule has 3 aromatic heterocycles. The van der Waals surface area contributed by atoms with Gasteiger partial charge in [0.1, 0.15) is 15.6 Å². The number of halogens is 3. The molecule has 0 bridgehead atoms. The van der Waals surface area contributed by atoms with Gasteiger partial charge in [0.05, 0.1) is 45.4 Å². The van der Waals surface area contributed by atoms with E-state index in [2.05, 4.69) is 10.3 Å². The standard InChI is InChI=1S/C26H24F3N3O4S2/c1-32(25(33)17-9-13-38(34,35)14-10-17)24(26(27,28)29)16-4-6-18(7-5-16)31-20-15-30-19-8-12-37-23(19)22(20)21-3-2-11-36-21/h2-8,11-12,15,17,24,31H,9-10,13-14H2,1H3/t24-/m0/s1. The molecule has 1 fully saturated rings. The highest BCUT2D eigenvalue weighted by Crippen LogP contribution is 2.41. The summed E-state index contributed by atoms with van der Waals surface area (Å²) in [5.74, 6) is -1.22. The summed E-state index contributed by atoms with van der Waals surface area (Å²) in [7, 11) is -2.12. The number of carbonyl (C=O) groups excluding carboxylic acids is 1. The predicted octanol–water partition coefficient (Wildman–Crippen LogP) is 6.19. The topological polar surface area (TPSA) is 92.5 Å². The van der Waals surface area contributed by atoms with Crippen LogP contribution in [-0.2, 0) is 14.6 Å². The van der Waals surface area contributed by atoms with Crippen LogP contribution in [0.4, 0.5) is 24.5 Å². The molecular weight excluding hydrogens is 539 g/mol. The van der Waals surface area contributed by atoms with Gasteiger partial charge < -0.3 is 14.6 Å². The summed E-state index contributed by atoms with van der Waals surface area (Å²) in [5, 5.41) is 5.15. The molecule has 5 rings (SSSR count). The molecule has 1 N–H and O–H groups in total. The zero-order valence-corrected chi connectivity index (χ0v) is 21.9. The second kappa shape index (κ2) is 10.1. The highest BCUT2D eigenvalue weighted by atomic mass is 32.2. The van der Waals surface area contributed by atoms with Gasteiger partial charge in [0.2, 0.25) is 5.91 Å². The van der Waals surface area contributed by atoms with E-state index >= 15 is 0 Å². The van der Waals surface area contributed by atoms with E-state index in [4.69, 9.17) is 4.42 Å². The van der Waals surface area contributed by atoms with Gasteiger partial charge >= 0.3 is 6.18 Å². The van der Waals surface area contributed by atoms with Crippen LogP contribution in [0, 0.1) is 5.92 Å². The van der Waals surface area contributed by atoms with Crippen molar-refractivity contribution in [1.29, 1.82) is 0 Å². The number of furan rings is 1. The number of thiophene rings is 1. The van der Waals surface area contributed by atoms with Crippen LogP contribution in [0.3, 0.4) is 0 Å². The summed E-state index contributed by atoms with van der Waals surface area (Å²) in [6.07, 6.45) is -1.45. The van der Waals surface area contributed by atoms with Gasteiger partial charge in [-0.05, 0) is 54.1 Å². The van der Waals surface area contributed by atoms with Crippen LogP contribution in [0.25, 0.3) is 21.5 Å². The van der Waals surface area contributed by atoms with Gasteiger partial charge in [-0.3, -0.25) is 9.78 Å². The number of hydrogen-bond donors (Lipinski definition) is 1. The number of alkyl halides is 3. The first kappa shape index (κ1) is 26.2. The smallest absolute Gasteiger partial charge is 0.413 e. The molecular formula is C26H24F3N3O4S2. The number of sulfone groups is 1. The van der Waals surface area contributed by atoms with Crippen molar-refractivity contribution in [2.24, 2.45) is 5.92 Å². The first-order valence-electron chi connectivity index (χ1n) is 11.8. The third-order valence-electron chi connectivity index (χ3n) is 6.70. The zero-order valence-electron chi connectivity index (χ0n) is 20.2. The van der Waals surface area contributed by atoms with E-state index in [1.54, 1.807) is 18.5 Å². The molecule has 1 amide bonds. The fourth-order valence-electron chi connectivity index (χ4n) is 4.76. The lowest BCUT2D eigenvalue weighted by Crippen LogP contribution is -2.44. The molecule has 1 saturated heterocycles. The van der Waals surface area contributed by atoms with Gasteiger partial charge in [-0.15, -0.1) is 11.3 Å². The first-order valence-corrected chi connectivity index (χ1v) is 14.5. The number of anilines is 2. The summed E-state index contributed by atoms with van der Waals surface area (Å²) in [5.41, 5.74) is 2.67. The quantitative estimate of drug-likeness (QED) is 0.301. The van der Waals surface area contributed by atoms with Crippen LogP contribution in [0.2, 0.25) is 0 Å². The summed E-state index contributed by atoms with van der Waals surface area (Å²) >= 11 is 1.51. The minimum atomic E-state index is -4.72. The van der Waals surface area contributed by atoms with Crippen molar-refractivity contribution in [2.75, 3.05) is 23.9 Å². The van der Waals surface area contributed by atoms with Crippen molar-refractivity contribution in [3.05, 3.63) is 65.9 Å². The number of hydrogen-bond acceptors (Lipinski definition) is 7. The minimum Gasteiger partial charge on any atom is -0.464 e. The van der Waals surface area contributed by atoms with E-state index < -0.39 is 33.9 Å². The van der Waals surface area contributed by atoms with Crippen LogP contribution >= 0.6 is 11.3 Å². The monoisotopic (exact) mass is 563 g/mol. The fourth-order valence-corrected chi connectivity index (χ4v) is 7.16. The molecule has 12 heteroatoms. The van der Waals surface area contributed by atoms with Crippen LogP contribution in [0.5, 0.6) is 0 Å². The number of carbonyl (C=O) groups is 1. The second-order valence-electron chi connectivity index (χ2n) is 9.23. The van der Waals surface area contributed by atoms with E-state index in [1.807, 2.05) is 17.5 Å². The average Bonchev–Trinajstić information content (AvgIpc) is 3.56. The lowest BCUT2D eigenvalue weighted by atomic mass is 9.98. The molecule has 7 nitrogen and oxygen atoms in total. The summed E-state index contributed by atoms with van der Waals surface area (Å²) in [4.78, 5) is 18.1. The Kier molecular flexibility index (Phi) is 6.95. The molecule has 0 radical (unpaired) electrons. The highest BCUT2D eigenvalue weighted by Gasteiger charge is 2.46. The molecule has 0 spiro atoms. The molecule has 1 aliphatic heterocycles. The molecule has 200 valence electrons. The number of nitrogens with zero attached hydrogens (tertiary/aromatic N) is 2. The number of rotatable bonds is 6. The zero-order chi connectivity index (χ0) is 27.1. The van der Waals surface area contributed by atoms with Crippen molar-refractivity contribution in [2.45, 2.75) is 25.1 Å². The molecule has 0 saturated carbocycles. The minimum absolute atomic E-state index is 0.0273. The van der Waals surface area contributed by atoms with E-state index in [1.165, 1.54) is 35.6 Å². The first-order chi connectivity index (χ1) is 18.0. The maximum Gasteiger partial charge on any atom is 0.413 e. The van der Waals surface area contributed by atoms with Gasteiger partial charge in [0, 0.05) is 18.7 Å². The van der Waals surface area contributed by atoms with Crippen molar-refractivity contribution >= 4 is 48.7 Å². The normalized spacial score (nSPS) is 16.8. The Morgan fingerprint density at radius 3 is 2.50 bits per heavy atom. The number of amides is 1. The molecule has 1 aliphatic rings. The van der Waals surface area contributed by atoms with Gasteiger partial charge in [-0.2, -0.15) is 13.2 Å². The van der Waals surface area contributed by atoms with E-state index in [-0.39, 0.29) is 29.9 Å². The lowest BCUT2D eigenvalue weighted by molar-refractivity contribution is -0.190. The number of nitrogens with one attached hydrogen (secondary N) is 1. The highest BCUT2D eigenvalue weighted by molar-refractivity contribution is 7.91. The van der Waals surface area contributed by atoms with Crippen LogP contribution in [0.15, 0.2) is 64.7 Å². The Bertz CT molecular complexity index is 1530. The molecule has 4 aromatic rings. The van der Waals surface area contributed by atoms with Gasteiger partial charge in [-0.25, -0.2) is 8.42 Å². The summed E-state index contributed by atoms with van der Waals surface area (Å²) in [6.45, 7) is 0. The van der Waals surface area contributed by atoms with Gasteiger partial charge in [0.25, 0.3) is 0 Å². The SMILES string of the molecule is CN(C(=O)C1CCS(=O)(=O)CC1)[C@@H](c1ccc(Nc2cnc3ccsc3c2-c2ccco2)cc1)C(F)(F)F. The predicted molar refractivity (Wildman–Crippen MR) is 140 cm³/mol. The van der Waals surface area contributed by atoms with E-state index in [0.29, 0.717) is 22.0 Å². The van der Waals surface area contributed by atoms with Crippen molar-refractivity contribution in [1.82, 2.24) is 9.88 Å². The van der Waals surface area contributed by atoms with Crippen LogP contribution < -0.4 is 5.32 Å². The Labute approximate surface area is 221 Å². The molecule has 4 heterocycles. The molecule has 38 heavy (non-hydrogen) atoms. The van der Waals surface area contributed by atoms with E-state index in [0.717, 1.165) is 22.8 Å². The maximum atomic E-state index is 14.2. The molecule has 1 atom stereocenters. The molecule has 0 aliphatic carbocycles. The Hall–Kier alpha value is -3.38. The third-order valence-corrected chi connectivity index (χ3v) is 9.33. The van der Waals surface area contributed by atoms with Gasteiger partial charge in [-0.1, -0.05) is 12.1 Å².